The number of carbonyl (C=O) groups excluding carboxylic acids is 1. The second-order valence-corrected chi connectivity index (χ2v) is 5.58. The van der Waals surface area contributed by atoms with Crippen LogP contribution in [-0.4, -0.2) is 17.4 Å². The van der Waals surface area contributed by atoms with Crippen molar-refractivity contribution in [3.8, 4) is 0 Å². The van der Waals surface area contributed by atoms with Crippen LogP contribution in [0.2, 0.25) is 0 Å². The molecule has 2 rings (SSSR count). The average molecular weight is 245 g/mol. The first-order valence-electron chi connectivity index (χ1n) is 6.93. The first kappa shape index (κ1) is 13.1. The molecule has 1 aliphatic heterocycles. The van der Waals surface area contributed by atoms with Crippen molar-refractivity contribution in [2.24, 2.45) is 5.92 Å². The highest BCUT2D eigenvalue weighted by molar-refractivity contribution is 5.76. The van der Waals surface area contributed by atoms with E-state index in [0.717, 1.165) is 13.0 Å². The van der Waals surface area contributed by atoms with Crippen LogP contribution in [0.1, 0.15) is 49.9 Å². The van der Waals surface area contributed by atoms with Crippen LogP contribution in [0.15, 0.2) is 18.2 Å². The maximum atomic E-state index is 12.1. The summed E-state index contributed by atoms with van der Waals surface area (Å²) >= 11 is 0. The van der Waals surface area contributed by atoms with Gasteiger partial charge in [0, 0.05) is 13.0 Å². The van der Waals surface area contributed by atoms with Crippen molar-refractivity contribution in [1.82, 2.24) is 4.90 Å². The normalized spacial score (nSPS) is 18.9. The standard InChI is InChI=1S/C16H23NO/c1-5-15(18)17-9-8-13-10-12(4)6-7-14(13)16(17)11(2)3/h6-7,10-11,16H,5,8-9H2,1-4H3. The van der Waals surface area contributed by atoms with Crippen LogP contribution in [-0.2, 0) is 11.2 Å². The van der Waals surface area contributed by atoms with Crippen molar-refractivity contribution < 1.29 is 4.79 Å². The molecule has 2 heteroatoms. The molecule has 1 aromatic carbocycles. The lowest BCUT2D eigenvalue weighted by atomic mass is 9.85. The van der Waals surface area contributed by atoms with Gasteiger partial charge in [-0.25, -0.2) is 0 Å². The minimum atomic E-state index is 0.252. The number of benzene rings is 1. The van der Waals surface area contributed by atoms with E-state index in [0.29, 0.717) is 12.3 Å². The second kappa shape index (κ2) is 5.13. The first-order valence-corrected chi connectivity index (χ1v) is 6.93. The van der Waals surface area contributed by atoms with E-state index in [-0.39, 0.29) is 11.9 Å². The van der Waals surface area contributed by atoms with Gasteiger partial charge in [0.15, 0.2) is 0 Å². The molecule has 0 saturated heterocycles. The van der Waals surface area contributed by atoms with Crippen molar-refractivity contribution in [2.45, 2.75) is 46.6 Å². The Hall–Kier alpha value is -1.31. The molecule has 18 heavy (non-hydrogen) atoms. The molecule has 1 amide bonds. The maximum absolute atomic E-state index is 12.1. The third-order valence-electron chi connectivity index (χ3n) is 3.83. The molecule has 1 heterocycles. The smallest absolute Gasteiger partial charge is 0.222 e. The van der Waals surface area contributed by atoms with Gasteiger partial charge < -0.3 is 4.90 Å². The summed E-state index contributed by atoms with van der Waals surface area (Å²) in [4.78, 5) is 14.2. The quantitative estimate of drug-likeness (QED) is 0.781. The summed E-state index contributed by atoms with van der Waals surface area (Å²) in [6.45, 7) is 9.36. The lowest BCUT2D eigenvalue weighted by Gasteiger charge is -2.40. The molecule has 0 aromatic heterocycles. The highest BCUT2D eigenvalue weighted by atomic mass is 16.2. The van der Waals surface area contributed by atoms with Crippen molar-refractivity contribution in [3.05, 3.63) is 34.9 Å². The Labute approximate surface area is 110 Å². The van der Waals surface area contributed by atoms with Crippen molar-refractivity contribution in [3.63, 3.8) is 0 Å². The molecule has 1 atom stereocenters. The molecular weight excluding hydrogens is 222 g/mol. The van der Waals surface area contributed by atoms with E-state index in [1.807, 2.05) is 6.92 Å². The summed E-state index contributed by atoms with van der Waals surface area (Å²) < 4.78 is 0. The van der Waals surface area contributed by atoms with E-state index in [1.54, 1.807) is 0 Å². The summed E-state index contributed by atoms with van der Waals surface area (Å²) in [6.07, 6.45) is 1.59. The van der Waals surface area contributed by atoms with Gasteiger partial charge in [-0.15, -0.1) is 0 Å². The molecule has 0 saturated carbocycles. The molecule has 1 aromatic rings. The minimum Gasteiger partial charge on any atom is -0.335 e. The topological polar surface area (TPSA) is 20.3 Å². The molecule has 0 bridgehead atoms. The largest absolute Gasteiger partial charge is 0.335 e. The monoisotopic (exact) mass is 245 g/mol. The van der Waals surface area contributed by atoms with Crippen molar-refractivity contribution >= 4 is 5.91 Å². The van der Waals surface area contributed by atoms with Crippen LogP contribution in [0.5, 0.6) is 0 Å². The molecule has 0 aliphatic carbocycles. The van der Waals surface area contributed by atoms with Gasteiger partial charge in [0.05, 0.1) is 6.04 Å². The molecule has 0 spiro atoms. The number of amides is 1. The molecule has 0 fully saturated rings. The number of hydrogen-bond donors (Lipinski definition) is 0. The minimum absolute atomic E-state index is 0.252. The summed E-state index contributed by atoms with van der Waals surface area (Å²) in [5.74, 6) is 0.738. The van der Waals surface area contributed by atoms with Gasteiger partial charge in [-0.3, -0.25) is 4.79 Å². The van der Waals surface area contributed by atoms with Crippen LogP contribution in [0, 0.1) is 12.8 Å². The Bertz CT molecular complexity index is 450. The molecule has 2 nitrogen and oxygen atoms in total. The zero-order valence-corrected chi connectivity index (χ0v) is 11.9. The predicted molar refractivity (Wildman–Crippen MR) is 74.5 cm³/mol. The van der Waals surface area contributed by atoms with Crippen LogP contribution in [0.3, 0.4) is 0 Å². The van der Waals surface area contributed by atoms with Crippen molar-refractivity contribution in [2.75, 3.05) is 6.54 Å². The van der Waals surface area contributed by atoms with Crippen LogP contribution in [0.4, 0.5) is 0 Å². The van der Waals surface area contributed by atoms with Crippen LogP contribution >= 0.6 is 0 Å². The fraction of sp³-hybridized carbons (Fsp3) is 0.562. The highest BCUT2D eigenvalue weighted by Gasteiger charge is 2.31. The third kappa shape index (κ3) is 2.29. The molecule has 1 unspecified atom stereocenters. The Balaban J connectivity index is 2.42. The molecule has 0 radical (unpaired) electrons. The molecule has 98 valence electrons. The van der Waals surface area contributed by atoms with E-state index in [2.05, 4.69) is 43.9 Å². The third-order valence-corrected chi connectivity index (χ3v) is 3.83. The van der Waals surface area contributed by atoms with E-state index >= 15 is 0 Å². The zero-order valence-electron chi connectivity index (χ0n) is 11.9. The molecule has 0 N–H and O–H groups in total. The molecule has 1 aliphatic rings. The lowest BCUT2D eigenvalue weighted by Crippen LogP contribution is -2.41. The van der Waals surface area contributed by atoms with Crippen molar-refractivity contribution in [1.29, 1.82) is 0 Å². The fourth-order valence-corrected chi connectivity index (χ4v) is 2.99. The van der Waals surface area contributed by atoms with Crippen LogP contribution < -0.4 is 0 Å². The predicted octanol–water partition coefficient (Wildman–Crippen LogP) is 3.49. The number of rotatable bonds is 2. The van der Waals surface area contributed by atoms with Gasteiger partial charge in [-0.05, 0) is 30.4 Å². The Morgan fingerprint density at radius 1 is 1.44 bits per heavy atom. The lowest BCUT2D eigenvalue weighted by molar-refractivity contribution is -0.134. The Morgan fingerprint density at radius 2 is 2.17 bits per heavy atom. The van der Waals surface area contributed by atoms with Gasteiger partial charge in [-0.1, -0.05) is 44.5 Å². The number of carbonyl (C=O) groups is 1. The van der Waals surface area contributed by atoms with Gasteiger partial charge in [0.1, 0.15) is 0 Å². The number of nitrogens with zero attached hydrogens (tertiary/aromatic N) is 1. The molecular formula is C16H23NO. The second-order valence-electron chi connectivity index (χ2n) is 5.58. The Morgan fingerprint density at radius 3 is 2.78 bits per heavy atom. The number of fused-ring (bicyclic) bond motifs is 1. The number of hydrogen-bond acceptors (Lipinski definition) is 1. The fourth-order valence-electron chi connectivity index (χ4n) is 2.99. The SMILES string of the molecule is CCC(=O)N1CCc2cc(C)ccc2C1C(C)C. The highest BCUT2D eigenvalue weighted by Crippen LogP contribution is 2.35. The van der Waals surface area contributed by atoms with E-state index in [1.165, 1.54) is 16.7 Å². The van der Waals surface area contributed by atoms with E-state index in [9.17, 15) is 4.79 Å². The summed E-state index contributed by atoms with van der Waals surface area (Å²) in [5, 5.41) is 0. The number of aryl methyl sites for hydroxylation is 1. The zero-order chi connectivity index (χ0) is 13.3. The maximum Gasteiger partial charge on any atom is 0.222 e. The summed E-state index contributed by atoms with van der Waals surface area (Å²) in [5.41, 5.74) is 4.09. The van der Waals surface area contributed by atoms with E-state index < -0.39 is 0 Å². The first-order chi connectivity index (χ1) is 8.54. The Kier molecular flexibility index (Phi) is 3.74. The van der Waals surface area contributed by atoms with Gasteiger partial charge >= 0.3 is 0 Å². The van der Waals surface area contributed by atoms with Gasteiger partial charge in [-0.2, -0.15) is 0 Å². The summed E-state index contributed by atoms with van der Waals surface area (Å²) in [6, 6.07) is 6.90. The van der Waals surface area contributed by atoms with Crippen LogP contribution in [0.25, 0.3) is 0 Å². The van der Waals surface area contributed by atoms with Gasteiger partial charge in [0.25, 0.3) is 0 Å². The average Bonchev–Trinajstić information content (AvgIpc) is 2.35. The van der Waals surface area contributed by atoms with E-state index in [4.69, 9.17) is 0 Å². The summed E-state index contributed by atoms with van der Waals surface area (Å²) in [7, 11) is 0. The van der Waals surface area contributed by atoms with Gasteiger partial charge in [0.2, 0.25) is 5.91 Å².